The first-order chi connectivity index (χ1) is 13.3. The highest BCUT2D eigenvalue weighted by Gasteiger charge is 2.17. The lowest BCUT2D eigenvalue weighted by atomic mass is 10.1. The van der Waals surface area contributed by atoms with Crippen LogP contribution in [0.4, 0.5) is 0 Å². The molecule has 138 valence electrons. The predicted octanol–water partition coefficient (Wildman–Crippen LogP) is 5.18. The molecule has 0 aliphatic carbocycles. The summed E-state index contributed by atoms with van der Waals surface area (Å²) < 4.78 is 11.4. The average molecular weight is 378 g/mol. The Bertz CT molecular complexity index is 893. The summed E-state index contributed by atoms with van der Waals surface area (Å²) in [7, 11) is 0. The summed E-state index contributed by atoms with van der Waals surface area (Å²) in [5.41, 5.74) is 5.53. The van der Waals surface area contributed by atoms with Gasteiger partial charge in [-0.25, -0.2) is 9.97 Å². The van der Waals surface area contributed by atoms with Gasteiger partial charge in [0.15, 0.2) is 11.4 Å². The molecule has 0 saturated carbocycles. The molecular weight excluding hydrogens is 356 g/mol. The number of benzene rings is 2. The third kappa shape index (κ3) is 4.75. The highest BCUT2D eigenvalue weighted by atomic mass is 32.2. The van der Waals surface area contributed by atoms with Crippen molar-refractivity contribution in [3.05, 3.63) is 77.5 Å². The van der Waals surface area contributed by atoms with Gasteiger partial charge in [0.25, 0.3) is 0 Å². The molecule has 1 aliphatic heterocycles. The van der Waals surface area contributed by atoms with Gasteiger partial charge in [-0.05, 0) is 31.0 Å². The fourth-order valence-corrected chi connectivity index (χ4v) is 3.71. The van der Waals surface area contributed by atoms with E-state index in [-0.39, 0.29) is 6.29 Å². The molecule has 2 aromatic carbocycles. The second kappa shape index (κ2) is 8.65. The first-order valence-electron chi connectivity index (χ1n) is 9.13. The summed E-state index contributed by atoms with van der Waals surface area (Å²) in [6.45, 7) is 3.57. The van der Waals surface area contributed by atoms with E-state index in [1.54, 1.807) is 11.8 Å². The van der Waals surface area contributed by atoms with E-state index < -0.39 is 0 Å². The highest BCUT2D eigenvalue weighted by Crippen LogP contribution is 2.28. The third-order valence-electron chi connectivity index (χ3n) is 4.40. The minimum Gasteiger partial charge on any atom is -0.348 e. The number of nitrogens with zero attached hydrogens (tertiary/aromatic N) is 2. The van der Waals surface area contributed by atoms with Crippen LogP contribution in [-0.2, 0) is 15.2 Å². The molecule has 0 radical (unpaired) electrons. The van der Waals surface area contributed by atoms with Gasteiger partial charge in [-0.15, -0.1) is 0 Å². The molecule has 4 nitrogen and oxygen atoms in total. The van der Waals surface area contributed by atoms with Gasteiger partial charge in [0, 0.05) is 23.1 Å². The molecule has 1 saturated heterocycles. The van der Waals surface area contributed by atoms with E-state index in [0.29, 0.717) is 0 Å². The monoisotopic (exact) mass is 378 g/mol. The van der Waals surface area contributed by atoms with Crippen molar-refractivity contribution in [2.24, 2.45) is 0 Å². The maximum Gasteiger partial charge on any atom is 0.188 e. The number of hydrogen-bond donors (Lipinski definition) is 0. The summed E-state index contributed by atoms with van der Waals surface area (Å²) in [4.78, 5) is 9.14. The summed E-state index contributed by atoms with van der Waals surface area (Å²) in [6.07, 6.45) is 2.49. The van der Waals surface area contributed by atoms with Crippen molar-refractivity contribution in [3.8, 4) is 11.3 Å². The fourth-order valence-electron chi connectivity index (χ4n) is 2.93. The van der Waals surface area contributed by atoms with Gasteiger partial charge in [0.2, 0.25) is 0 Å². The van der Waals surface area contributed by atoms with Crippen LogP contribution in [0.2, 0.25) is 0 Å². The van der Waals surface area contributed by atoms with Crippen LogP contribution in [0.5, 0.6) is 0 Å². The number of aryl methyl sites for hydroxylation is 1. The van der Waals surface area contributed by atoms with Crippen LogP contribution in [0.3, 0.4) is 0 Å². The Kier molecular flexibility index (Phi) is 5.82. The lowest BCUT2D eigenvalue weighted by Gasteiger charge is -2.23. The molecular formula is C22H22N2O2S. The lowest BCUT2D eigenvalue weighted by Crippen LogP contribution is -2.17. The Labute approximate surface area is 164 Å². The topological polar surface area (TPSA) is 44.2 Å². The second-order valence-corrected chi connectivity index (χ2v) is 7.49. The zero-order valence-electron chi connectivity index (χ0n) is 15.3. The molecule has 27 heavy (non-hydrogen) atoms. The minimum absolute atomic E-state index is 0.282. The summed E-state index contributed by atoms with van der Waals surface area (Å²) in [5.74, 6) is 0.855. The van der Waals surface area contributed by atoms with Gasteiger partial charge in [0.1, 0.15) is 0 Å². The number of aromatic nitrogens is 2. The molecule has 0 atom stereocenters. The third-order valence-corrected chi connectivity index (χ3v) is 5.34. The Morgan fingerprint density at radius 2 is 1.85 bits per heavy atom. The van der Waals surface area contributed by atoms with Crippen LogP contribution in [0.1, 0.15) is 29.4 Å². The van der Waals surface area contributed by atoms with Gasteiger partial charge in [-0.3, -0.25) is 0 Å². The number of rotatable bonds is 5. The van der Waals surface area contributed by atoms with E-state index in [1.165, 1.54) is 11.1 Å². The summed E-state index contributed by atoms with van der Waals surface area (Å²) in [5, 5.41) is 0.781. The molecule has 0 unspecified atom stereocenters. The van der Waals surface area contributed by atoms with E-state index >= 15 is 0 Å². The SMILES string of the molecule is Cc1ccc(CSc2nccc(-c3cccc(C4OCCCO4)c3)n2)cc1. The molecule has 0 bridgehead atoms. The van der Waals surface area contributed by atoms with E-state index in [9.17, 15) is 0 Å². The largest absolute Gasteiger partial charge is 0.348 e. The molecule has 0 N–H and O–H groups in total. The molecule has 3 aromatic rings. The van der Waals surface area contributed by atoms with Gasteiger partial charge >= 0.3 is 0 Å². The maximum absolute atomic E-state index is 5.72. The standard InChI is InChI=1S/C22H22N2O2S/c1-16-6-8-17(9-7-16)15-27-22-23-11-10-20(24-22)18-4-2-5-19(14-18)21-25-12-3-13-26-21/h2,4-11,14,21H,3,12-13,15H2,1H3. The Hall–Kier alpha value is -2.21. The van der Waals surface area contributed by atoms with Crippen molar-refractivity contribution in [1.82, 2.24) is 9.97 Å². The van der Waals surface area contributed by atoms with Crippen LogP contribution in [-0.4, -0.2) is 23.2 Å². The van der Waals surface area contributed by atoms with E-state index in [0.717, 1.165) is 47.4 Å². The smallest absolute Gasteiger partial charge is 0.188 e. The van der Waals surface area contributed by atoms with E-state index in [4.69, 9.17) is 14.5 Å². The number of hydrogen-bond acceptors (Lipinski definition) is 5. The summed E-state index contributed by atoms with van der Waals surface area (Å²) >= 11 is 1.65. The van der Waals surface area contributed by atoms with Gasteiger partial charge < -0.3 is 9.47 Å². The number of ether oxygens (including phenoxy) is 2. The molecule has 1 fully saturated rings. The van der Waals surface area contributed by atoms with E-state index in [2.05, 4.69) is 48.3 Å². The molecule has 2 heterocycles. The zero-order valence-corrected chi connectivity index (χ0v) is 16.1. The molecule has 1 aromatic heterocycles. The van der Waals surface area contributed by atoms with Crippen molar-refractivity contribution >= 4 is 11.8 Å². The van der Waals surface area contributed by atoms with Crippen LogP contribution in [0, 0.1) is 6.92 Å². The lowest BCUT2D eigenvalue weighted by molar-refractivity contribution is -0.183. The van der Waals surface area contributed by atoms with Crippen molar-refractivity contribution in [1.29, 1.82) is 0 Å². The highest BCUT2D eigenvalue weighted by molar-refractivity contribution is 7.98. The normalized spacial score (nSPS) is 15.0. The predicted molar refractivity (Wildman–Crippen MR) is 107 cm³/mol. The molecule has 0 amide bonds. The summed E-state index contributed by atoms with van der Waals surface area (Å²) in [6, 6.07) is 18.7. The Morgan fingerprint density at radius 3 is 2.67 bits per heavy atom. The zero-order chi connectivity index (χ0) is 18.5. The van der Waals surface area contributed by atoms with Crippen LogP contribution >= 0.6 is 11.8 Å². The quantitative estimate of drug-likeness (QED) is 0.452. The second-order valence-electron chi connectivity index (χ2n) is 6.55. The van der Waals surface area contributed by atoms with Gasteiger partial charge in [-0.1, -0.05) is 59.8 Å². The maximum atomic E-state index is 5.72. The first kappa shape index (κ1) is 18.2. The van der Waals surface area contributed by atoms with Crippen LogP contribution in [0.15, 0.2) is 66.0 Å². The Balaban J connectivity index is 1.49. The van der Waals surface area contributed by atoms with Crippen molar-refractivity contribution in [2.75, 3.05) is 13.2 Å². The first-order valence-corrected chi connectivity index (χ1v) is 10.1. The Morgan fingerprint density at radius 1 is 1.04 bits per heavy atom. The molecule has 4 rings (SSSR count). The van der Waals surface area contributed by atoms with Gasteiger partial charge in [0.05, 0.1) is 18.9 Å². The van der Waals surface area contributed by atoms with Crippen molar-refractivity contribution < 1.29 is 9.47 Å². The van der Waals surface area contributed by atoms with E-state index in [1.807, 2.05) is 24.4 Å². The van der Waals surface area contributed by atoms with Crippen molar-refractivity contribution in [3.63, 3.8) is 0 Å². The van der Waals surface area contributed by atoms with Gasteiger partial charge in [-0.2, -0.15) is 0 Å². The van der Waals surface area contributed by atoms with Crippen LogP contribution in [0.25, 0.3) is 11.3 Å². The molecule has 5 heteroatoms. The average Bonchev–Trinajstić information content (AvgIpc) is 2.74. The molecule has 0 spiro atoms. The number of thioether (sulfide) groups is 1. The van der Waals surface area contributed by atoms with Crippen molar-refractivity contribution in [2.45, 2.75) is 30.5 Å². The minimum atomic E-state index is -0.282. The molecule has 1 aliphatic rings. The fraction of sp³-hybridized carbons (Fsp3) is 0.273. The van der Waals surface area contributed by atoms with Crippen LogP contribution < -0.4 is 0 Å².